The van der Waals surface area contributed by atoms with Crippen LogP contribution in [0.2, 0.25) is 0 Å². The molecule has 0 atom stereocenters. The number of hydrogen-bond acceptors (Lipinski definition) is 6. The lowest BCUT2D eigenvalue weighted by molar-refractivity contribution is 0.106. The van der Waals surface area contributed by atoms with Gasteiger partial charge in [0.05, 0.1) is 13.7 Å². The van der Waals surface area contributed by atoms with Gasteiger partial charge in [-0.05, 0) is 17.7 Å². The third kappa shape index (κ3) is 3.41. The summed E-state index contributed by atoms with van der Waals surface area (Å²) < 4.78 is 10.7. The van der Waals surface area contributed by atoms with Crippen molar-refractivity contribution >= 4 is 16.5 Å². The van der Waals surface area contributed by atoms with E-state index in [0.717, 1.165) is 21.5 Å². The summed E-state index contributed by atoms with van der Waals surface area (Å²) in [5, 5.41) is 12.6. The molecule has 1 heterocycles. The molecule has 0 saturated carbocycles. The standard InChI is InChI=1S/C12H15N3O2S/c1-13-12-15-14-11(18-12)8-17-7-9-4-3-5-10(6-9)16-2/h3-6H,7-8H2,1-2H3,(H,13,15). The van der Waals surface area contributed by atoms with Crippen molar-refractivity contribution in [3.63, 3.8) is 0 Å². The lowest BCUT2D eigenvalue weighted by Crippen LogP contribution is -1.94. The van der Waals surface area contributed by atoms with E-state index in [9.17, 15) is 0 Å². The minimum absolute atomic E-state index is 0.469. The van der Waals surface area contributed by atoms with Crippen LogP contribution in [0.5, 0.6) is 5.75 Å². The Bertz CT molecular complexity index is 502. The summed E-state index contributed by atoms with van der Waals surface area (Å²) in [6.07, 6.45) is 0. The molecule has 0 bridgehead atoms. The number of nitrogens with zero attached hydrogens (tertiary/aromatic N) is 2. The molecule has 6 heteroatoms. The fourth-order valence-electron chi connectivity index (χ4n) is 1.43. The van der Waals surface area contributed by atoms with E-state index < -0.39 is 0 Å². The maximum absolute atomic E-state index is 5.59. The second-order valence-corrected chi connectivity index (χ2v) is 4.66. The summed E-state index contributed by atoms with van der Waals surface area (Å²) in [4.78, 5) is 0. The molecule has 18 heavy (non-hydrogen) atoms. The zero-order valence-electron chi connectivity index (χ0n) is 10.3. The van der Waals surface area contributed by atoms with E-state index in [-0.39, 0.29) is 0 Å². The first-order valence-corrected chi connectivity index (χ1v) is 6.34. The highest BCUT2D eigenvalue weighted by molar-refractivity contribution is 7.15. The van der Waals surface area contributed by atoms with Crippen LogP contribution in [0.3, 0.4) is 0 Å². The van der Waals surface area contributed by atoms with E-state index in [1.54, 1.807) is 7.11 Å². The van der Waals surface area contributed by atoms with Gasteiger partial charge in [-0.25, -0.2) is 0 Å². The molecular formula is C12H15N3O2S. The molecular weight excluding hydrogens is 250 g/mol. The fourth-order valence-corrected chi connectivity index (χ4v) is 2.06. The minimum Gasteiger partial charge on any atom is -0.497 e. The van der Waals surface area contributed by atoms with Gasteiger partial charge in [0.2, 0.25) is 5.13 Å². The van der Waals surface area contributed by atoms with Crippen molar-refractivity contribution in [2.45, 2.75) is 13.2 Å². The Morgan fingerprint density at radius 2 is 2.17 bits per heavy atom. The molecule has 1 N–H and O–H groups in total. The maximum atomic E-state index is 5.59. The van der Waals surface area contributed by atoms with E-state index in [0.29, 0.717) is 13.2 Å². The predicted molar refractivity (Wildman–Crippen MR) is 70.9 cm³/mol. The number of ether oxygens (including phenoxy) is 2. The van der Waals surface area contributed by atoms with Crippen molar-refractivity contribution in [1.29, 1.82) is 0 Å². The van der Waals surface area contributed by atoms with E-state index in [2.05, 4.69) is 15.5 Å². The van der Waals surface area contributed by atoms with E-state index in [4.69, 9.17) is 9.47 Å². The molecule has 1 aromatic carbocycles. The normalized spacial score (nSPS) is 10.3. The SMILES string of the molecule is CNc1nnc(COCc2cccc(OC)c2)s1. The topological polar surface area (TPSA) is 56.3 Å². The lowest BCUT2D eigenvalue weighted by atomic mass is 10.2. The highest BCUT2D eigenvalue weighted by atomic mass is 32.1. The van der Waals surface area contributed by atoms with Gasteiger partial charge in [-0.3, -0.25) is 0 Å². The van der Waals surface area contributed by atoms with E-state index in [1.165, 1.54) is 11.3 Å². The van der Waals surface area contributed by atoms with Gasteiger partial charge in [-0.1, -0.05) is 23.5 Å². The quantitative estimate of drug-likeness (QED) is 0.868. The fraction of sp³-hybridized carbons (Fsp3) is 0.333. The van der Waals surface area contributed by atoms with Crippen molar-refractivity contribution in [1.82, 2.24) is 10.2 Å². The van der Waals surface area contributed by atoms with Crippen molar-refractivity contribution in [2.24, 2.45) is 0 Å². The van der Waals surface area contributed by atoms with Crippen LogP contribution in [0.25, 0.3) is 0 Å². The van der Waals surface area contributed by atoms with Crippen LogP contribution in [0.1, 0.15) is 10.6 Å². The molecule has 0 aliphatic carbocycles. The van der Waals surface area contributed by atoms with Gasteiger partial charge < -0.3 is 14.8 Å². The van der Waals surface area contributed by atoms with Crippen LogP contribution in [-0.2, 0) is 18.0 Å². The van der Waals surface area contributed by atoms with Crippen LogP contribution >= 0.6 is 11.3 Å². The number of anilines is 1. The molecule has 2 aromatic rings. The predicted octanol–water partition coefficient (Wildman–Crippen LogP) is 2.31. The highest BCUT2D eigenvalue weighted by Gasteiger charge is 2.03. The zero-order valence-corrected chi connectivity index (χ0v) is 11.2. The second-order valence-electron chi connectivity index (χ2n) is 3.60. The largest absolute Gasteiger partial charge is 0.497 e. The first-order chi connectivity index (χ1) is 8.81. The van der Waals surface area contributed by atoms with Crippen molar-refractivity contribution in [3.8, 4) is 5.75 Å². The lowest BCUT2D eigenvalue weighted by Gasteiger charge is -2.04. The molecule has 5 nitrogen and oxygen atoms in total. The molecule has 0 saturated heterocycles. The zero-order chi connectivity index (χ0) is 12.8. The van der Waals surface area contributed by atoms with E-state index >= 15 is 0 Å². The molecule has 1 aromatic heterocycles. The molecule has 0 amide bonds. The number of nitrogens with one attached hydrogen (secondary N) is 1. The monoisotopic (exact) mass is 265 g/mol. The Morgan fingerprint density at radius 3 is 2.89 bits per heavy atom. The first-order valence-electron chi connectivity index (χ1n) is 5.52. The molecule has 2 rings (SSSR count). The molecule has 0 radical (unpaired) electrons. The van der Waals surface area contributed by atoms with Crippen LogP contribution in [-0.4, -0.2) is 24.4 Å². The van der Waals surface area contributed by atoms with Gasteiger partial charge >= 0.3 is 0 Å². The van der Waals surface area contributed by atoms with Gasteiger partial charge in [0.1, 0.15) is 17.4 Å². The summed E-state index contributed by atoms with van der Waals surface area (Å²) in [5.74, 6) is 0.837. The van der Waals surface area contributed by atoms with E-state index in [1.807, 2.05) is 31.3 Å². The van der Waals surface area contributed by atoms with Crippen LogP contribution in [0.15, 0.2) is 24.3 Å². The third-order valence-corrected chi connectivity index (χ3v) is 3.22. The minimum atomic E-state index is 0.469. The number of hydrogen-bond donors (Lipinski definition) is 1. The van der Waals surface area contributed by atoms with Gasteiger partial charge in [-0.2, -0.15) is 0 Å². The van der Waals surface area contributed by atoms with Crippen LogP contribution < -0.4 is 10.1 Å². The number of benzene rings is 1. The maximum Gasteiger partial charge on any atom is 0.205 e. The Labute approximate surface area is 110 Å². The molecule has 0 fully saturated rings. The van der Waals surface area contributed by atoms with Gasteiger partial charge in [-0.15, -0.1) is 10.2 Å². The summed E-state index contributed by atoms with van der Waals surface area (Å²) in [5.41, 5.74) is 1.08. The Morgan fingerprint density at radius 1 is 1.28 bits per heavy atom. The molecule has 0 aliphatic rings. The molecule has 96 valence electrons. The Kier molecular flexibility index (Phi) is 4.49. The summed E-state index contributed by atoms with van der Waals surface area (Å²) >= 11 is 1.49. The summed E-state index contributed by atoms with van der Waals surface area (Å²) in [7, 11) is 3.47. The van der Waals surface area contributed by atoms with Gasteiger partial charge in [0, 0.05) is 7.05 Å². The molecule has 0 spiro atoms. The van der Waals surface area contributed by atoms with Gasteiger partial charge in [0.15, 0.2) is 0 Å². The highest BCUT2D eigenvalue weighted by Crippen LogP contribution is 2.17. The third-order valence-electron chi connectivity index (χ3n) is 2.31. The Hall–Kier alpha value is -1.66. The smallest absolute Gasteiger partial charge is 0.205 e. The van der Waals surface area contributed by atoms with Crippen LogP contribution in [0.4, 0.5) is 5.13 Å². The molecule has 0 aliphatic heterocycles. The second kappa shape index (κ2) is 6.32. The number of aromatic nitrogens is 2. The van der Waals surface area contributed by atoms with Crippen molar-refractivity contribution in [2.75, 3.05) is 19.5 Å². The van der Waals surface area contributed by atoms with Crippen molar-refractivity contribution in [3.05, 3.63) is 34.8 Å². The summed E-state index contributed by atoms with van der Waals surface area (Å²) in [6, 6.07) is 7.82. The average Bonchev–Trinajstić information content (AvgIpc) is 2.87. The Balaban J connectivity index is 1.84. The number of rotatable bonds is 6. The summed E-state index contributed by atoms with van der Waals surface area (Å²) in [6.45, 7) is 1.00. The van der Waals surface area contributed by atoms with Crippen LogP contribution in [0, 0.1) is 0 Å². The first kappa shape index (κ1) is 12.8. The average molecular weight is 265 g/mol. The number of methoxy groups -OCH3 is 1. The van der Waals surface area contributed by atoms with Crippen molar-refractivity contribution < 1.29 is 9.47 Å². The molecule has 0 unspecified atom stereocenters. The van der Waals surface area contributed by atoms with Gasteiger partial charge in [0.25, 0.3) is 0 Å².